The Bertz CT molecular complexity index is 715. The van der Waals surface area contributed by atoms with Gasteiger partial charge in [-0.25, -0.2) is 0 Å². The van der Waals surface area contributed by atoms with E-state index in [-0.39, 0.29) is 12.0 Å². The van der Waals surface area contributed by atoms with Crippen LogP contribution in [0.4, 0.5) is 5.69 Å². The lowest BCUT2D eigenvalue weighted by Crippen LogP contribution is -2.39. The number of fused-ring (bicyclic) bond motifs is 1. The van der Waals surface area contributed by atoms with E-state index < -0.39 is 23.4 Å². The third-order valence-electron chi connectivity index (χ3n) is 4.95. The van der Waals surface area contributed by atoms with E-state index in [0.29, 0.717) is 18.0 Å². The molecule has 6 heteroatoms. The largest absolute Gasteiger partial charge is 0.495 e. The highest BCUT2D eigenvalue weighted by molar-refractivity contribution is 6.03. The number of hydrogen-bond acceptors (Lipinski definition) is 5. The number of hydrogen-bond donors (Lipinski definition) is 0. The average Bonchev–Trinajstić information content (AvgIpc) is 3.22. The van der Waals surface area contributed by atoms with Gasteiger partial charge in [-0.3, -0.25) is 9.59 Å². The number of ether oxygens (including phenoxy) is 3. The summed E-state index contributed by atoms with van der Waals surface area (Å²) in [5.74, 6) is -1.05. The Labute approximate surface area is 133 Å². The molecule has 3 aliphatic heterocycles. The molecular weight excluding hydrogens is 298 g/mol. The van der Waals surface area contributed by atoms with Crippen LogP contribution < -0.4 is 9.64 Å². The Hall–Kier alpha value is -2.34. The van der Waals surface area contributed by atoms with Gasteiger partial charge < -0.3 is 19.1 Å². The van der Waals surface area contributed by atoms with E-state index in [1.54, 1.807) is 18.1 Å². The molecule has 4 rings (SSSR count). The fourth-order valence-electron chi connectivity index (χ4n) is 3.96. The zero-order valence-electron chi connectivity index (χ0n) is 12.9. The SMILES string of the molecule is COC(=O)[C@H]1[C@@H]2C=C[C@]3(CN(c4ccccc4OC)C(=O)[C@H]13)O2. The van der Waals surface area contributed by atoms with Crippen LogP contribution in [-0.4, -0.2) is 44.3 Å². The third-order valence-corrected chi connectivity index (χ3v) is 4.95. The van der Waals surface area contributed by atoms with Crippen LogP contribution in [-0.2, 0) is 19.1 Å². The van der Waals surface area contributed by atoms with Gasteiger partial charge in [0, 0.05) is 0 Å². The van der Waals surface area contributed by atoms with Gasteiger partial charge in [-0.05, 0) is 12.1 Å². The Morgan fingerprint density at radius 2 is 2.13 bits per heavy atom. The third kappa shape index (κ3) is 1.78. The van der Waals surface area contributed by atoms with E-state index in [9.17, 15) is 9.59 Å². The number of para-hydroxylation sites is 2. The number of amides is 1. The zero-order chi connectivity index (χ0) is 16.2. The molecule has 3 heterocycles. The Morgan fingerprint density at radius 3 is 2.87 bits per heavy atom. The number of carbonyl (C=O) groups is 2. The van der Waals surface area contributed by atoms with Crippen molar-refractivity contribution in [1.82, 2.24) is 0 Å². The first-order chi connectivity index (χ1) is 11.1. The van der Waals surface area contributed by atoms with Crippen molar-refractivity contribution in [2.24, 2.45) is 11.8 Å². The Kier molecular flexibility index (Phi) is 2.99. The van der Waals surface area contributed by atoms with Crippen LogP contribution in [0, 0.1) is 11.8 Å². The van der Waals surface area contributed by atoms with Gasteiger partial charge >= 0.3 is 5.97 Å². The van der Waals surface area contributed by atoms with E-state index in [1.807, 2.05) is 30.4 Å². The molecule has 2 saturated heterocycles. The molecule has 0 aromatic heterocycles. The van der Waals surface area contributed by atoms with Crippen LogP contribution in [0.5, 0.6) is 5.75 Å². The maximum Gasteiger partial charge on any atom is 0.312 e. The number of methoxy groups -OCH3 is 2. The van der Waals surface area contributed by atoms with Gasteiger partial charge in [-0.15, -0.1) is 0 Å². The van der Waals surface area contributed by atoms with Crippen LogP contribution in [0.1, 0.15) is 0 Å². The maximum atomic E-state index is 13.0. The van der Waals surface area contributed by atoms with Gasteiger partial charge in [0.25, 0.3) is 0 Å². The van der Waals surface area contributed by atoms with Crippen LogP contribution in [0.3, 0.4) is 0 Å². The van der Waals surface area contributed by atoms with Crippen LogP contribution in [0.25, 0.3) is 0 Å². The summed E-state index contributed by atoms with van der Waals surface area (Å²) in [7, 11) is 2.90. The first-order valence-electron chi connectivity index (χ1n) is 7.51. The molecule has 4 atom stereocenters. The second kappa shape index (κ2) is 4.83. The minimum absolute atomic E-state index is 0.128. The molecule has 3 aliphatic rings. The molecule has 1 aromatic rings. The lowest BCUT2D eigenvalue weighted by atomic mass is 9.77. The van der Waals surface area contributed by atoms with Gasteiger partial charge in [0.2, 0.25) is 5.91 Å². The number of esters is 1. The van der Waals surface area contributed by atoms with Crippen LogP contribution >= 0.6 is 0 Å². The van der Waals surface area contributed by atoms with Gasteiger partial charge in [0.05, 0.1) is 38.5 Å². The van der Waals surface area contributed by atoms with Gasteiger partial charge in [0.15, 0.2) is 0 Å². The van der Waals surface area contributed by atoms with Gasteiger partial charge in [-0.1, -0.05) is 24.3 Å². The zero-order valence-corrected chi connectivity index (χ0v) is 12.9. The molecule has 0 unspecified atom stereocenters. The van der Waals surface area contributed by atoms with Crippen molar-refractivity contribution in [3.63, 3.8) is 0 Å². The number of carbonyl (C=O) groups excluding carboxylic acids is 2. The Balaban J connectivity index is 1.75. The van der Waals surface area contributed by atoms with E-state index in [4.69, 9.17) is 14.2 Å². The molecule has 0 radical (unpaired) electrons. The fourth-order valence-corrected chi connectivity index (χ4v) is 3.96. The van der Waals surface area contributed by atoms with Crippen molar-refractivity contribution in [3.8, 4) is 5.75 Å². The summed E-state index contributed by atoms with van der Waals surface area (Å²) in [6.07, 6.45) is 3.39. The normalized spacial score (nSPS) is 33.9. The summed E-state index contributed by atoms with van der Waals surface area (Å²) < 4.78 is 16.2. The highest BCUT2D eigenvalue weighted by Crippen LogP contribution is 2.53. The summed E-state index contributed by atoms with van der Waals surface area (Å²) in [5, 5.41) is 0. The summed E-state index contributed by atoms with van der Waals surface area (Å²) in [6, 6.07) is 7.34. The number of benzene rings is 1. The van der Waals surface area contributed by atoms with E-state index >= 15 is 0 Å². The molecule has 2 bridgehead atoms. The summed E-state index contributed by atoms with van der Waals surface area (Å²) in [4.78, 5) is 26.8. The first-order valence-corrected chi connectivity index (χ1v) is 7.51. The monoisotopic (exact) mass is 315 g/mol. The molecule has 6 nitrogen and oxygen atoms in total. The van der Waals surface area contributed by atoms with Gasteiger partial charge in [0.1, 0.15) is 17.3 Å². The summed E-state index contributed by atoms with van der Waals surface area (Å²) >= 11 is 0. The van der Waals surface area contributed by atoms with Crippen LogP contribution in [0.15, 0.2) is 36.4 Å². The molecule has 0 N–H and O–H groups in total. The topological polar surface area (TPSA) is 65.1 Å². The molecule has 0 saturated carbocycles. The molecule has 1 spiro atoms. The van der Waals surface area contributed by atoms with Crippen molar-refractivity contribution in [1.29, 1.82) is 0 Å². The lowest BCUT2D eigenvalue weighted by Gasteiger charge is -2.22. The van der Waals surface area contributed by atoms with E-state index in [2.05, 4.69) is 0 Å². The summed E-state index contributed by atoms with van der Waals surface area (Å²) in [5.41, 5.74) is -0.0607. The molecule has 2 fully saturated rings. The maximum absolute atomic E-state index is 13.0. The molecular formula is C17H17NO5. The highest BCUT2D eigenvalue weighted by atomic mass is 16.5. The first kappa shape index (κ1) is 14.3. The Morgan fingerprint density at radius 1 is 1.35 bits per heavy atom. The minimum atomic E-state index is -0.749. The van der Waals surface area contributed by atoms with Crippen molar-refractivity contribution >= 4 is 17.6 Å². The fraction of sp³-hybridized carbons (Fsp3) is 0.412. The second-order valence-electron chi connectivity index (χ2n) is 6.02. The lowest BCUT2D eigenvalue weighted by molar-refractivity contribution is -0.149. The van der Waals surface area contributed by atoms with Crippen molar-refractivity contribution in [3.05, 3.63) is 36.4 Å². The number of rotatable bonds is 3. The molecule has 0 aliphatic carbocycles. The van der Waals surface area contributed by atoms with E-state index in [1.165, 1.54) is 7.11 Å². The second-order valence-corrected chi connectivity index (χ2v) is 6.02. The van der Waals surface area contributed by atoms with Crippen molar-refractivity contribution < 1.29 is 23.8 Å². The number of anilines is 1. The highest BCUT2D eigenvalue weighted by Gasteiger charge is 2.67. The van der Waals surface area contributed by atoms with Crippen molar-refractivity contribution in [2.75, 3.05) is 25.7 Å². The molecule has 1 amide bonds. The smallest absolute Gasteiger partial charge is 0.312 e. The molecule has 1 aromatic carbocycles. The number of nitrogens with zero attached hydrogens (tertiary/aromatic N) is 1. The molecule has 120 valence electrons. The minimum Gasteiger partial charge on any atom is -0.495 e. The predicted octanol–water partition coefficient (Wildman–Crippen LogP) is 1.15. The molecule has 23 heavy (non-hydrogen) atoms. The average molecular weight is 315 g/mol. The quantitative estimate of drug-likeness (QED) is 0.618. The van der Waals surface area contributed by atoms with E-state index in [0.717, 1.165) is 0 Å². The van der Waals surface area contributed by atoms with Crippen LogP contribution in [0.2, 0.25) is 0 Å². The summed E-state index contributed by atoms with van der Waals surface area (Å²) in [6.45, 7) is 0.372. The standard InChI is InChI=1S/C17H17NO5/c1-21-11-6-4-3-5-10(11)18-9-17-8-7-12(23-17)13(16(20)22-2)14(17)15(18)19/h3-8,12-14H,9H2,1-2H3/t12-,13-,14-,17+/m0/s1. The predicted molar refractivity (Wildman–Crippen MR) is 81.1 cm³/mol. The van der Waals surface area contributed by atoms with Gasteiger partial charge in [-0.2, -0.15) is 0 Å². The van der Waals surface area contributed by atoms with Crippen molar-refractivity contribution in [2.45, 2.75) is 11.7 Å².